The van der Waals surface area contributed by atoms with Crippen LogP contribution in [0.25, 0.3) is 0 Å². The number of amides is 1. The summed E-state index contributed by atoms with van der Waals surface area (Å²) in [5.74, 6) is 2.12. The van der Waals surface area contributed by atoms with Gasteiger partial charge in [0.1, 0.15) is 6.54 Å². The summed E-state index contributed by atoms with van der Waals surface area (Å²) in [5.41, 5.74) is 1.77. The molecule has 1 amide bonds. The van der Waals surface area contributed by atoms with Crippen LogP contribution in [-0.2, 0) is 21.5 Å². The van der Waals surface area contributed by atoms with Crippen LogP contribution in [0.1, 0.15) is 61.1 Å². The van der Waals surface area contributed by atoms with E-state index in [4.69, 9.17) is 14.2 Å². The van der Waals surface area contributed by atoms with Crippen molar-refractivity contribution in [1.82, 2.24) is 24.8 Å². The molecule has 0 unspecified atom stereocenters. The second-order valence-electron chi connectivity index (χ2n) is 8.22. The molecule has 2 aromatic heterocycles. The van der Waals surface area contributed by atoms with Gasteiger partial charge in [0.25, 0.3) is 0 Å². The zero-order chi connectivity index (χ0) is 19.7. The Balaban J connectivity index is 1.43. The van der Waals surface area contributed by atoms with Crippen molar-refractivity contribution in [3.05, 3.63) is 29.2 Å². The summed E-state index contributed by atoms with van der Waals surface area (Å²) >= 11 is 0. The van der Waals surface area contributed by atoms with Gasteiger partial charge in [0.15, 0.2) is 5.82 Å². The molecule has 0 aromatic carbocycles. The Kier molecular flexibility index (Phi) is 5.23. The van der Waals surface area contributed by atoms with Crippen molar-refractivity contribution in [3.63, 3.8) is 0 Å². The van der Waals surface area contributed by atoms with Gasteiger partial charge < -0.3 is 14.2 Å². The normalized spacial score (nSPS) is 19.2. The first-order chi connectivity index (χ1) is 13.5. The van der Waals surface area contributed by atoms with Gasteiger partial charge in [-0.2, -0.15) is 10.1 Å². The molecule has 152 valence electrons. The minimum atomic E-state index is -0.179. The molecule has 3 heterocycles. The zero-order valence-electron chi connectivity index (χ0n) is 17.0. The second kappa shape index (κ2) is 7.66. The van der Waals surface area contributed by atoms with E-state index in [9.17, 15) is 4.79 Å². The largest absolute Gasteiger partial charge is 0.385 e. The number of carbonyl (C=O) groups excluding carboxylic acids is 1. The maximum absolute atomic E-state index is 12.8. The van der Waals surface area contributed by atoms with Crippen molar-refractivity contribution in [1.29, 1.82) is 0 Å². The summed E-state index contributed by atoms with van der Waals surface area (Å²) in [4.78, 5) is 19.4. The Morgan fingerprint density at radius 3 is 2.68 bits per heavy atom. The van der Waals surface area contributed by atoms with Crippen LogP contribution in [0, 0.1) is 13.8 Å². The molecule has 0 radical (unpaired) electrons. The van der Waals surface area contributed by atoms with Gasteiger partial charge in [-0.3, -0.25) is 9.48 Å². The molecule has 8 heteroatoms. The number of piperidine rings is 1. The number of carbonyl (C=O) groups is 1. The van der Waals surface area contributed by atoms with Gasteiger partial charge in [-0.05, 0) is 52.0 Å². The van der Waals surface area contributed by atoms with E-state index in [0.717, 1.165) is 55.2 Å². The highest BCUT2D eigenvalue weighted by Gasteiger charge is 2.42. The third-order valence-electron chi connectivity index (χ3n) is 6.09. The molecule has 1 saturated carbocycles. The zero-order valence-corrected chi connectivity index (χ0v) is 17.0. The lowest BCUT2D eigenvalue weighted by molar-refractivity contribution is -0.133. The number of ether oxygens (including phenoxy) is 1. The van der Waals surface area contributed by atoms with Crippen molar-refractivity contribution >= 4 is 5.91 Å². The molecule has 2 aliphatic rings. The highest BCUT2D eigenvalue weighted by Crippen LogP contribution is 2.42. The van der Waals surface area contributed by atoms with Crippen LogP contribution in [0.2, 0.25) is 0 Å². The molecule has 8 nitrogen and oxygen atoms in total. The minimum absolute atomic E-state index is 0.110. The fourth-order valence-electron chi connectivity index (χ4n) is 4.08. The lowest BCUT2D eigenvalue weighted by Gasteiger charge is -2.39. The van der Waals surface area contributed by atoms with E-state index < -0.39 is 0 Å². The van der Waals surface area contributed by atoms with Gasteiger partial charge in [-0.15, -0.1) is 0 Å². The topological polar surface area (TPSA) is 86.3 Å². The standard InChI is InChI=1S/C20H29N5O3/c1-14-12-15(2)25(22-14)13-17(26)24-9-6-20(7-10-24,8-11-27-3)19-21-18(28-23-19)16-4-5-16/h12,16H,4-11,13H2,1-3H3. The first kappa shape index (κ1) is 19.1. The Morgan fingerprint density at radius 2 is 2.07 bits per heavy atom. The molecule has 0 spiro atoms. The maximum Gasteiger partial charge on any atom is 0.244 e. The van der Waals surface area contributed by atoms with Crippen LogP contribution in [0.3, 0.4) is 0 Å². The van der Waals surface area contributed by atoms with E-state index in [1.807, 2.05) is 24.8 Å². The van der Waals surface area contributed by atoms with Gasteiger partial charge in [0.05, 0.1) is 5.69 Å². The summed E-state index contributed by atoms with van der Waals surface area (Å²) < 4.78 is 12.7. The van der Waals surface area contributed by atoms with E-state index in [-0.39, 0.29) is 11.3 Å². The maximum atomic E-state index is 12.8. The molecule has 1 aliphatic heterocycles. The second-order valence-corrected chi connectivity index (χ2v) is 8.22. The molecule has 28 heavy (non-hydrogen) atoms. The third kappa shape index (κ3) is 3.83. The van der Waals surface area contributed by atoms with Gasteiger partial charge >= 0.3 is 0 Å². The van der Waals surface area contributed by atoms with Gasteiger partial charge in [0, 0.05) is 43.8 Å². The van der Waals surface area contributed by atoms with E-state index >= 15 is 0 Å². The predicted octanol–water partition coefficient (Wildman–Crippen LogP) is 2.36. The van der Waals surface area contributed by atoms with Crippen molar-refractivity contribution < 1.29 is 14.1 Å². The molecule has 0 N–H and O–H groups in total. The van der Waals surface area contributed by atoms with E-state index in [1.54, 1.807) is 11.8 Å². The van der Waals surface area contributed by atoms with E-state index in [0.29, 0.717) is 32.2 Å². The Morgan fingerprint density at radius 1 is 1.32 bits per heavy atom. The van der Waals surface area contributed by atoms with Crippen molar-refractivity contribution in [2.24, 2.45) is 0 Å². The number of rotatable bonds is 7. The molecule has 4 rings (SSSR count). The summed E-state index contributed by atoms with van der Waals surface area (Å²) in [5, 5.41) is 8.73. The molecule has 1 saturated heterocycles. The van der Waals surface area contributed by atoms with Crippen LogP contribution >= 0.6 is 0 Å². The first-order valence-corrected chi connectivity index (χ1v) is 10.1. The Labute approximate surface area is 165 Å². The number of hydrogen-bond donors (Lipinski definition) is 0. The van der Waals surface area contributed by atoms with E-state index in [2.05, 4.69) is 10.3 Å². The van der Waals surface area contributed by atoms with Gasteiger partial charge in [0.2, 0.25) is 11.8 Å². The first-order valence-electron chi connectivity index (χ1n) is 10.1. The Hall–Kier alpha value is -2.22. The highest BCUT2D eigenvalue weighted by atomic mass is 16.5. The molecule has 2 fully saturated rings. The summed E-state index contributed by atoms with van der Waals surface area (Å²) in [6, 6.07) is 1.99. The molecule has 1 aliphatic carbocycles. The predicted molar refractivity (Wildman–Crippen MR) is 102 cm³/mol. The number of nitrogens with zero attached hydrogens (tertiary/aromatic N) is 5. The monoisotopic (exact) mass is 387 g/mol. The summed E-state index contributed by atoms with van der Waals surface area (Å²) in [7, 11) is 1.71. The molecule has 0 atom stereocenters. The number of likely N-dealkylation sites (tertiary alicyclic amines) is 1. The summed E-state index contributed by atoms with van der Waals surface area (Å²) in [6.07, 6.45) is 4.76. The van der Waals surface area contributed by atoms with Gasteiger partial charge in [-0.25, -0.2) is 0 Å². The van der Waals surface area contributed by atoms with Crippen LogP contribution in [0.4, 0.5) is 0 Å². The lowest BCUT2D eigenvalue weighted by Crippen LogP contribution is -2.47. The number of aromatic nitrogens is 4. The molecule has 2 aromatic rings. The third-order valence-corrected chi connectivity index (χ3v) is 6.09. The van der Waals surface area contributed by atoms with Crippen LogP contribution < -0.4 is 0 Å². The summed E-state index contributed by atoms with van der Waals surface area (Å²) in [6.45, 7) is 6.24. The molecule has 0 bridgehead atoms. The van der Waals surface area contributed by atoms with Crippen molar-refractivity contribution in [2.45, 2.75) is 63.8 Å². The molecular formula is C20H29N5O3. The quantitative estimate of drug-likeness (QED) is 0.725. The minimum Gasteiger partial charge on any atom is -0.385 e. The Bertz CT molecular complexity index is 831. The van der Waals surface area contributed by atoms with Crippen molar-refractivity contribution in [3.8, 4) is 0 Å². The number of hydrogen-bond acceptors (Lipinski definition) is 6. The van der Waals surface area contributed by atoms with Crippen LogP contribution in [0.15, 0.2) is 10.6 Å². The number of methoxy groups -OCH3 is 1. The lowest BCUT2D eigenvalue weighted by atomic mass is 9.75. The fraction of sp³-hybridized carbons (Fsp3) is 0.700. The number of aryl methyl sites for hydroxylation is 2. The highest BCUT2D eigenvalue weighted by molar-refractivity contribution is 5.76. The van der Waals surface area contributed by atoms with Gasteiger partial charge in [-0.1, -0.05) is 5.16 Å². The average molecular weight is 387 g/mol. The smallest absolute Gasteiger partial charge is 0.244 e. The van der Waals surface area contributed by atoms with Crippen molar-refractivity contribution in [2.75, 3.05) is 26.8 Å². The van der Waals surface area contributed by atoms with Crippen LogP contribution in [0.5, 0.6) is 0 Å². The van der Waals surface area contributed by atoms with E-state index in [1.165, 1.54) is 0 Å². The SMILES string of the molecule is COCCC1(c2noc(C3CC3)n2)CCN(C(=O)Cn2nc(C)cc2C)CC1. The average Bonchev–Trinajstić information content (AvgIpc) is 3.32. The molecular weight excluding hydrogens is 358 g/mol. The fourth-order valence-corrected chi connectivity index (χ4v) is 4.08. The van der Waals surface area contributed by atoms with Crippen LogP contribution in [-0.4, -0.2) is 57.5 Å².